The van der Waals surface area contributed by atoms with Crippen molar-refractivity contribution < 1.29 is 19.4 Å². The molecule has 2 saturated heterocycles. The van der Waals surface area contributed by atoms with Crippen molar-refractivity contribution in [1.82, 2.24) is 20.3 Å². The van der Waals surface area contributed by atoms with Crippen LogP contribution in [0, 0.1) is 5.92 Å². The Kier molecular flexibility index (Phi) is 7.60. The van der Waals surface area contributed by atoms with Gasteiger partial charge in [-0.3, -0.25) is 9.48 Å². The van der Waals surface area contributed by atoms with Crippen LogP contribution in [-0.2, 0) is 27.2 Å². The van der Waals surface area contributed by atoms with E-state index in [2.05, 4.69) is 22.6 Å². The maximum atomic E-state index is 12.5. The lowest BCUT2D eigenvalue weighted by atomic mass is 9.94. The van der Waals surface area contributed by atoms with Gasteiger partial charge in [-0.05, 0) is 38.5 Å². The molecule has 0 saturated carbocycles. The number of amides is 1. The molecular weight excluding hydrogens is 348 g/mol. The van der Waals surface area contributed by atoms with Crippen LogP contribution in [0.5, 0.6) is 0 Å². The molecule has 0 aromatic carbocycles. The number of ether oxygens (including phenoxy) is 2. The number of carbonyl (C=O) groups excluding carboxylic acids is 1. The summed E-state index contributed by atoms with van der Waals surface area (Å²) in [6.45, 7) is 4.08. The van der Waals surface area contributed by atoms with Gasteiger partial charge in [0, 0.05) is 31.9 Å². The third kappa shape index (κ3) is 5.73. The first kappa shape index (κ1) is 20.2. The standard InChI is InChI=1S/C19H32N4O4/c1-2-3-15-12-23(22-21-15)9-6-16-4-5-17(18(13-24)27-16)20-19(25)14-7-10-26-11-8-14/h12,14,16-18,24H,2-11,13H2,1H3,(H,20,25)/t16-,17-,18-/m1/s1. The fourth-order valence-corrected chi connectivity index (χ4v) is 3.86. The summed E-state index contributed by atoms with van der Waals surface area (Å²) in [5, 5.41) is 21.1. The highest BCUT2D eigenvalue weighted by molar-refractivity contribution is 5.79. The van der Waals surface area contributed by atoms with Crippen LogP contribution in [0.1, 0.15) is 51.1 Å². The number of aliphatic hydroxyl groups excluding tert-OH is 1. The van der Waals surface area contributed by atoms with E-state index in [4.69, 9.17) is 9.47 Å². The first-order valence-corrected chi connectivity index (χ1v) is 10.2. The second kappa shape index (κ2) is 10.1. The van der Waals surface area contributed by atoms with Crippen molar-refractivity contribution in [1.29, 1.82) is 0 Å². The predicted octanol–water partition coefficient (Wildman–Crippen LogP) is 1.07. The van der Waals surface area contributed by atoms with Crippen molar-refractivity contribution in [3.63, 3.8) is 0 Å². The molecule has 2 aliphatic heterocycles. The molecule has 0 bridgehead atoms. The van der Waals surface area contributed by atoms with E-state index < -0.39 is 0 Å². The second-order valence-corrected chi connectivity index (χ2v) is 7.57. The van der Waals surface area contributed by atoms with Crippen LogP contribution in [0.2, 0.25) is 0 Å². The third-order valence-corrected chi connectivity index (χ3v) is 5.49. The van der Waals surface area contributed by atoms with Gasteiger partial charge in [-0.1, -0.05) is 18.6 Å². The van der Waals surface area contributed by atoms with E-state index >= 15 is 0 Å². The minimum atomic E-state index is -0.348. The Morgan fingerprint density at radius 3 is 2.89 bits per heavy atom. The molecule has 1 amide bonds. The van der Waals surface area contributed by atoms with Crippen molar-refractivity contribution in [2.75, 3.05) is 19.8 Å². The minimum Gasteiger partial charge on any atom is -0.394 e. The lowest BCUT2D eigenvalue weighted by Gasteiger charge is -2.37. The van der Waals surface area contributed by atoms with Gasteiger partial charge in [0.1, 0.15) is 6.10 Å². The van der Waals surface area contributed by atoms with Crippen LogP contribution in [0.15, 0.2) is 6.20 Å². The number of hydrogen-bond acceptors (Lipinski definition) is 6. The van der Waals surface area contributed by atoms with Crippen molar-refractivity contribution in [2.45, 2.75) is 76.7 Å². The molecule has 0 unspecified atom stereocenters. The topological polar surface area (TPSA) is 98.5 Å². The first-order valence-electron chi connectivity index (χ1n) is 10.2. The summed E-state index contributed by atoms with van der Waals surface area (Å²) in [7, 11) is 0. The monoisotopic (exact) mass is 380 g/mol. The number of aliphatic hydroxyl groups is 1. The Hall–Kier alpha value is -1.51. The molecule has 2 aliphatic rings. The number of nitrogens with one attached hydrogen (secondary N) is 1. The van der Waals surface area contributed by atoms with Crippen molar-refractivity contribution in [3.8, 4) is 0 Å². The molecule has 8 nitrogen and oxygen atoms in total. The van der Waals surface area contributed by atoms with Crippen molar-refractivity contribution in [2.24, 2.45) is 5.92 Å². The number of aromatic nitrogens is 3. The Bertz CT molecular complexity index is 588. The van der Waals surface area contributed by atoms with Crippen LogP contribution in [0.25, 0.3) is 0 Å². The molecule has 0 radical (unpaired) electrons. The lowest BCUT2D eigenvalue weighted by molar-refractivity contribution is -0.134. The van der Waals surface area contributed by atoms with Gasteiger partial charge >= 0.3 is 0 Å². The normalized spacial score (nSPS) is 26.8. The van der Waals surface area contributed by atoms with Crippen LogP contribution >= 0.6 is 0 Å². The molecule has 3 atom stereocenters. The van der Waals surface area contributed by atoms with E-state index in [0.717, 1.165) is 57.2 Å². The molecule has 0 spiro atoms. The molecule has 3 heterocycles. The fraction of sp³-hybridized carbons (Fsp3) is 0.842. The molecule has 8 heteroatoms. The molecule has 2 N–H and O–H groups in total. The van der Waals surface area contributed by atoms with E-state index in [0.29, 0.717) is 13.2 Å². The van der Waals surface area contributed by atoms with Crippen molar-refractivity contribution in [3.05, 3.63) is 11.9 Å². The number of carbonyl (C=O) groups is 1. The van der Waals surface area contributed by atoms with Gasteiger partial charge in [0.25, 0.3) is 0 Å². The summed E-state index contributed by atoms with van der Waals surface area (Å²) < 4.78 is 13.2. The molecule has 1 aromatic rings. The average molecular weight is 380 g/mol. The number of rotatable bonds is 8. The molecule has 3 rings (SSSR count). The maximum absolute atomic E-state index is 12.5. The zero-order chi connectivity index (χ0) is 19.1. The van der Waals surface area contributed by atoms with Gasteiger partial charge < -0.3 is 19.9 Å². The number of hydrogen-bond donors (Lipinski definition) is 2. The Balaban J connectivity index is 1.44. The second-order valence-electron chi connectivity index (χ2n) is 7.57. The first-order chi connectivity index (χ1) is 13.2. The SMILES string of the molecule is CCCc1cn(CC[C@H]2CC[C@@H](NC(=O)C3CCOCC3)[C@@H](CO)O2)nn1. The molecule has 2 fully saturated rings. The highest BCUT2D eigenvalue weighted by Crippen LogP contribution is 2.23. The Morgan fingerprint density at radius 1 is 1.33 bits per heavy atom. The van der Waals surface area contributed by atoms with Crippen LogP contribution in [0.4, 0.5) is 0 Å². The smallest absolute Gasteiger partial charge is 0.223 e. The summed E-state index contributed by atoms with van der Waals surface area (Å²) in [6, 6.07) is -0.121. The highest BCUT2D eigenvalue weighted by atomic mass is 16.5. The van der Waals surface area contributed by atoms with E-state index in [-0.39, 0.29) is 36.7 Å². The zero-order valence-corrected chi connectivity index (χ0v) is 16.2. The van der Waals surface area contributed by atoms with Crippen LogP contribution in [0.3, 0.4) is 0 Å². The van der Waals surface area contributed by atoms with Crippen molar-refractivity contribution >= 4 is 5.91 Å². The molecule has 27 heavy (non-hydrogen) atoms. The summed E-state index contributed by atoms with van der Waals surface area (Å²) in [5.41, 5.74) is 1.02. The average Bonchev–Trinajstić information content (AvgIpc) is 3.15. The summed E-state index contributed by atoms with van der Waals surface area (Å²) in [6.07, 6.45) is 7.77. The Labute approximate surface area is 160 Å². The summed E-state index contributed by atoms with van der Waals surface area (Å²) in [5.74, 6) is 0.0790. The van der Waals surface area contributed by atoms with Gasteiger partial charge in [-0.2, -0.15) is 0 Å². The maximum Gasteiger partial charge on any atom is 0.223 e. The van der Waals surface area contributed by atoms with Gasteiger partial charge in [0.15, 0.2) is 0 Å². The molecule has 152 valence electrons. The molecular formula is C19H32N4O4. The van der Waals surface area contributed by atoms with E-state index in [9.17, 15) is 9.90 Å². The third-order valence-electron chi connectivity index (χ3n) is 5.49. The van der Waals surface area contributed by atoms with Gasteiger partial charge in [0.2, 0.25) is 5.91 Å². The van der Waals surface area contributed by atoms with Gasteiger partial charge in [-0.15, -0.1) is 5.10 Å². The summed E-state index contributed by atoms with van der Waals surface area (Å²) >= 11 is 0. The number of nitrogens with zero attached hydrogens (tertiary/aromatic N) is 3. The quantitative estimate of drug-likeness (QED) is 0.700. The zero-order valence-electron chi connectivity index (χ0n) is 16.2. The van der Waals surface area contributed by atoms with Crippen LogP contribution < -0.4 is 5.32 Å². The van der Waals surface area contributed by atoms with E-state index in [1.54, 1.807) is 0 Å². The van der Waals surface area contributed by atoms with E-state index in [1.165, 1.54) is 0 Å². The molecule has 0 aliphatic carbocycles. The minimum absolute atomic E-state index is 0.0143. The van der Waals surface area contributed by atoms with Gasteiger partial charge in [-0.25, -0.2) is 0 Å². The highest BCUT2D eigenvalue weighted by Gasteiger charge is 2.33. The van der Waals surface area contributed by atoms with E-state index in [1.807, 2.05) is 10.9 Å². The largest absolute Gasteiger partial charge is 0.394 e. The van der Waals surface area contributed by atoms with Crippen LogP contribution in [-0.4, -0.2) is 64.1 Å². The Morgan fingerprint density at radius 2 is 2.15 bits per heavy atom. The predicted molar refractivity (Wildman–Crippen MR) is 99.1 cm³/mol. The number of aryl methyl sites for hydroxylation is 2. The van der Waals surface area contributed by atoms with Gasteiger partial charge in [0.05, 0.1) is 24.4 Å². The lowest BCUT2D eigenvalue weighted by Crippen LogP contribution is -2.52. The fourth-order valence-electron chi connectivity index (χ4n) is 3.86. The molecule has 1 aromatic heterocycles. The summed E-state index contributed by atoms with van der Waals surface area (Å²) in [4.78, 5) is 12.5.